The van der Waals surface area contributed by atoms with E-state index in [1.54, 1.807) is 6.92 Å². The van der Waals surface area contributed by atoms with Gasteiger partial charge in [0, 0.05) is 12.3 Å². The number of unbranched alkanes of at least 4 members (excludes halogenated alkanes) is 1. The molecule has 3 unspecified atom stereocenters. The molecular weight excluding hydrogens is 320 g/mol. The van der Waals surface area contributed by atoms with Gasteiger partial charge in [-0.2, -0.15) is 0 Å². The number of carboxylic acid groups (broad SMARTS) is 2. The van der Waals surface area contributed by atoms with E-state index in [1.165, 1.54) is 0 Å². The Morgan fingerprint density at radius 1 is 1.04 bits per heavy atom. The fourth-order valence-corrected chi connectivity index (χ4v) is 2.58. The van der Waals surface area contributed by atoms with Crippen molar-refractivity contribution in [3.05, 3.63) is 0 Å². The van der Waals surface area contributed by atoms with Gasteiger partial charge in [-0.15, -0.1) is 0 Å². The van der Waals surface area contributed by atoms with Crippen LogP contribution in [-0.4, -0.2) is 49.7 Å². The Morgan fingerprint density at radius 3 is 2.00 bits per heavy atom. The number of aliphatic hydroxyl groups is 2. The second-order valence-electron chi connectivity index (χ2n) is 6.00. The summed E-state index contributed by atoms with van der Waals surface area (Å²) in [5, 5.41) is 38.1. The second-order valence-corrected chi connectivity index (χ2v) is 6.00. The summed E-state index contributed by atoms with van der Waals surface area (Å²) in [7, 11) is 0. The summed E-state index contributed by atoms with van der Waals surface area (Å²) in [5.41, 5.74) is -2.78. The highest BCUT2D eigenvalue weighted by Crippen LogP contribution is 2.31. The maximum atomic E-state index is 12.0. The first-order valence-corrected chi connectivity index (χ1v) is 8.16. The van der Waals surface area contributed by atoms with E-state index in [9.17, 15) is 24.6 Å². The van der Waals surface area contributed by atoms with E-state index in [1.807, 2.05) is 13.8 Å². The van der Waals surface area contributed by atoms with E-state index in [4.69, 9.17) is 14.9 Å². The van der Waals surface area contributed by atoms with Crippen molar-refractivity contribution in [2.24, 2.45) is 5.92 Å². The van der Waals surface area contributed by atoms with Gasteiger partial charge >= 0.3 is 17.9 Å². The molecule has 0 spiro atoms. The Labute approximate surface area is 141 Å². The smallest absolute Gasteiger partial charge is 0.336 e. The summed E-state index contributed by atoms with van der Waals surface area (Å²) >= 11 is 0. The Morgan fingerprint density at radius 2 is 1.62 bits per heavy atom. The molecule has 8 heteroatoms. The third-order valence-corrected chi connectivity index (χ3v) is 4.11. The van der Waals surface area contributed by atoms with E-state index >= 15 is 0 Å². The Balaban J connectivity index is 5.13. The van der Waals surface area contributed by atoms with Gasteiger partial charge in [0.1, 0.15) is 0 Å². The third-order valence-electron chi connectivity index (χ3n) is 4.11. The molecule has 0 aromatic heterocycles. The van der Waals surface area contributed by atoms with Crippen LogP contribution in [0.1, 0.15) is 65.7 Å². The van der Waals surface area contributed by atoms with Gasteiger partial charge < -0.3 is 25.2 Å². The molecule has 0 radical (unpaired) electrons. The molecule has 140 valence electrons. The van der Waals surface area contributed by atoms with Gasteiger partial charge in [-0.25, -0.2) is 4.79 Å². The molecule has 0 rings (SSSR count). The fraction of sp³-hybridized carbons (Fsp3) is 0.812. The summed E-state index contributed by atoms with van der Waals surface area (Å²) < 4.78 is 5.07. The van der Waals surface area contributed by atoms with Crippen molar-refractivity contribution in [3.8, 4) is 0 Å². The van der Waals surface area contributed by atoms with Crippen LogP contribution in [0.5, 0.6) is 0 Å². The molecule has 0 aromatic rings. The van der Waals surface area contributed by atoms with Gasteiger partial charge in [0.25, 0.3) is 0 Å². The van der Waals surface area contributed by atoms with Crippen molar-refractivity contribution >= 4 is 17.9 Å². The predicted molar refractivity (Wildman–Crippen MR) is 84.1 cm³/mol. The minimum absolute atomic E-state index is 0.103. The van der Waals surface area contributed by atoms with Crippen molar-refractivity contribution in [1.82, 2.24) is 0 Å². The molecule has 8 nitrogen and oxygen atoms in total. The molecule has 0 aliphatic carbocycles. The topological polar surface area (TPSA) is 141 Å². The molecule has 0 saturated heterocycles. The maximum absolute atomic E-state index is 12.0. The van der Waals surface area contributed by atoms with E-state index in [0.29, 0.717) is 12.8 Å². The molecule has 0 saturated carbocycles. The summed E-state index contributed by atoms with van der Waals surface area (Å²) in [5.74, 6) is -6.65. The highest BCUT2D eigenvalue weighted by Gasteiger charge is 2.44. The Hall–Kier alpha value is -1.67. The number of hydrogen-bond donors (Lipinski definition) is 4. The van der Waals surface area contributed by atoms with Gasteiger partial charge in [0.05, 0.1) is 12.8 Å². The van der Waals surface area contributed by atoms with Crippen LogP contribution in [0.3, 0.4) is 0 Å². The lowest BCUT2D eigenvalue weighted by Gasteiger charge is -2.35. The van der Waals surface area contributed by atoms with Gasteiger partial charge in [0.2, 0.25) is 5.79 Å². The highest BCUT2D eigenvalue weighted by atomic mass is 16.7. The van der Waals surface area contributed by atoms with Gasteiger partial charge in [-0.05, 0) is 12.8 Å². The Bertz CT molecular complexity index is 449. The molecular formula is C16H28O8. The lowest BCUT2D eigenvalue weighted by molar-refractivity contribution is -0.238. The summed E-state index contributed by atoms with van der Waals surface area (Å²) in [6.07, 6.45) is 0.818. The molecule has 4 N–H and O–H groups in total. The van der Waals surface area contributed by atoms with Crippen LogP contribution in [0, 0.1) is 5.92 Å². The normalized spacial score (nSPS) is 17.4. The average molecular weight is 348 g/mol. The minimum Gasteiger partial charge on any atom is -0.481 e. The first-order chi connectivity index (χ1) is 11.0. The van der Waals surface area contributed by atoms with Crippen LogP contribution >= 0.6 is 0 Å². The number of carbonyl (C=O) groups is 3. The number of rotatable bonds is 12. The standard InChI is InChI=1S/C16H28O8/c1-4-7-8-11(5-2)16(23,6-3)24-13(19)10-15(22,14(20)21)9-12(17)18/h11,22-23H,4-10H2,1-3H3,(H,17,18)(H,20,21). The molecule has 0 bridgehead atoms. The molecule has 0 aliphatic heterocycles. The molecule has 0 aromatic carbocycles. The van der Waals surface area contributed by atoms with Crippen molar-refractivity contribution < 1.29 is 39.5 Å². The minimum atomic E-state index is -2.78. The van der Waals surface area contributed by atoms with E-state index in [0.717, 1.165) is 12.8 Å². The summed E-state index contributed by atoms with van der Waals surface area (Å²) in [4.78, 5) is 33.8. The zero-order chi connectivity index (χ0) is 19.0. The lowest BCUT2D eigenvalue weighted by atomic mass is 9.88. The number of aliphatic carboxylic acids is 2. The SMILES string of the molecule is CCCCC(CC)C(O)(CC)OC(=O)CC(O)(CC(=O)O)C(=O)O. The maximum Gasteiger partial charge on any atom is 0.336 e. The number of carboxylic acids is 2. The monoisotopic (exact) mass is 348 g/mol. The molecule has 0 heterocycles. The van der Waals surface area contributed by atoms with Crippen molar-refractivity contribution in [1.29, 1.82) is 0 Å². The lowest BCUT2D eigenvalue weighted by Crippen LogP contribution is -2.47. The van der Waals surface area contributed by atoms with Gasteiger partial charge in [-0.3, -0.25) is 9.59 Å². The number of ether oxygens (including phenoxy) is 1. The first kappa shape index (κ1) is 22.3. The van der Waals surface area contributed by atoms with Crippen LogP contribution in [0.25, 0.3) is 0 Å². The van der Waals surface area contributed by atoms with E-state index in [2.05, 4.69) is 0 Å². The number of carbonyl (C=O) groups excluding carboxylic acids is 1. The molecule has 3 atom stereocenters. The molecule has 0 aliphatic rings. The van der Waals surface area contributed by atoms with E-state index < -0.39 is 42.1 Å². The van der Waals surface area contributed by atoms with Crippen molar-refractivity contribution in [3.63, 3.8) is 0 Å². The summed E-state index contributed by atoms with van der Waals surface area (Å²) in [6.45, 7) is 5.46. The largest absolute Gasteiger partial charge is 0.481 e. The van der Waals surface area contributed by atoms with Crippen molar-refractivity contribution in [2.45, 2.75) is 77.1 Å². The second kappa shape index (κ2) is 9.58. The van der Waals surface area contributed by atoms with Crippen LogP contribution < -0.4 is 0 Å². The number of esters is 1. The van der Waals surface area contributed by atoms with E-state index in [-0.39, 0.29) is 12.3 Å². The Kier molecular flexibility index (Phi) is 8.92. The first-order valence-electron chi connectivity index (χ1n) is 8.16. The molecule has 0 amide bonds. The quantitative estimate of drug-likeness (QED) is 0.307. The van der Waals surface area contributed by atoms with Gasteiger partial charge in [-0.1, -0.05) is 33.6 Å². The average Bonchev–Trinajstić information content (AvgIpc) is 2.46. The molecule has 24 heavy (non-hydrogen) atoms. The zero-order valence-electron chi connectivity index (χ0n) is 14.4. The van der Waals surface area contributed by atoms with Crippen LogP contribution in [0.15, 0.2) is 0 Å². The third kappa shape index (κ3) is 6.45. The van der Waals surface area contributed by atoms with Gasteiger partial charge in [0.15, 0.2) is 5.60 Å². The summed E-state index contributed by atoms with van der Waals surface area (Å²) in [6, 6.07) is 0. The van der Waals surface area contributed by atoms with Crippen LogP contribution in [-0.2, 0) is 19.1 Å². The van der Waals surface area contributed by atoms with Crippen LogP contribution in [0.4, 0.5) is 0 Å². The fourth-order valence-electron chi connectivity index (χ4n) is 2.58. The van der Waals surface area contributed by atoms with Crippen molar-refractivity contribution in [2.75, 3.05) is 0 Å². The predicted octanol–water partition coefficient (Wildman–Crippen LogP) is 1.53. The molecule has 0 fully saturated rings. The highest BCUT2D eigenvalue weighted by molar-refractivity contribution is 5.88. The number of hydrogen-bond acceptors (Lipinski definition) is 6. The van der Waals surface area contributed by atoms with Crippen LogP contribution in [0.2, 0.25) is 0 Å². The zero-order valence-corrected chi connectivity index (χ0v) is 14.4.